The number of hydrogen-bond donors (Lipinski definition) is 0. The number of nitrogens with zero attached hydrogens (tertiary/aromatic N) is 4. The highest BCUT2D eigenvalue weighted by Gasteiger charge is 2.23. The Morgan fingerprint density at radius 1 is 1.28 bits per heavy atom. The first kappa shape index (κ1) is 22.8. The lowest BCUT2D eigenvalue weighted by Crippen LogP contribution is -2.39. The minimum Gasteiger partial charge on any atom is -0.379 e. The molecule has 0 unspecified atom stereocenters. The predicted octanol–water partition coefficient (Wildman–Crippen LogP) is 4.80. The summed E-state index contributed by atoms with van der Waals surface area (Å²) in [6.07, 6.45) is 0.804. The van der Waals surface area contributed by atoms with Gasteiger partial charge in [-0.2, -0.15) is 0 Å². The minimum atomic E-state index is -0.516. The molecule has 1 amide bonds. The highest BCUT2D eigenvalue weighted by Crippen LogP contribution is 2.33. The van der Waals surface area contributed by atoms with Crippen LogP contribution in [0.15, 0.2) is 41.1 Å². The van der Waals surface area contributed by atoms with Crippen LogP contribution in [0.4, 0.5) is 10.8 Å². The van der Waals surface area contributed by atoms with E-state index in [0.717, 1.165) is 39.3 Å². The summed E-state index contributed by atoms with van der Waals surface area (Å²) in [5.74, 6) is -0.0926. The number of morpholine rings is 1. The van der Waals surface area contributed by atoms with E-state index in [1.165, 1.54) is 34.8 Å². The number of ether oxygens (including phenoxy) is 1. The quantitative estimate of drug-likeness (QED) is 0.331. The zero-order chi connectivity index (χ0) is 22.5. The molecule has 2 aromatic heterocycles. The predicted molar refractivity (Wildman–Crippen MR) is 127 cm³/mol. The lowest BCUT2D eigenvalue weighted by Gasteiger charge is -2.27. The summed E-state index contributed by atoms with van der Waals surface area (Å²) < 4.78 is 5.40. The fourth-order valence-electron chi connectivity index (χ4n) is 3.43. The van der Waals surface area contributed by atoms with Crippen molar-refractivity contribution in [2.45, 2.75) is 6.42 Å². The first-order valence-corrected chi connectivity index (χ1v) is 12.2. The van der Waals surface area contributed by atoms with Gasteiger partial charge in [0.2, 0.25) is 0 Å². The molecule has 1 aliphatic rings. The standard InChI is InChI=1S/C21H21ClN4O4S2/c22-16-5-4-15(13-18(16)26(28)29)17-14-32-21(23-17)25(20(27)19-3-1-12-31-19)7-2-6-24-8-10-30-11-9-24/h1,3-5,12-14H,2,6-11H2. The van der Waals surface area contributed by atoms with Gasteiger partial charge < -0.3 is 4.74 Å². The maximum atomic E-state index is 13.2. The Morgan fingerprint density at radius 2 is 2.09 bits per heavy atom. The molecule has 168 valence electrons. The average Bonchev–Trinajstić information content (AvgIpc) is 3.50. The van der Waals surface area contributed by atoms with Crippen LogP contribution < -0.4 is 4.90 Å². The lowest BCUT2D eigenvalue weighted by atomic mass is 10.1. The van der Waals surface area contributed by atoms with Gasteiger partial charge in [-0.05, 0) is 23.9 Å². The Balaban J connectivity index is 1.54. The number of amides is 1. The van der Waals surface area contributed by atoms with Crippen LogP contribution in [0.3, 0.4) is 0 Å². The number of benzene rings is 1. The Bertz CT molecular complexity index is 1080. The van der Waals surface area contributed by atoms with Gasteiger partial charge in [-0.15, -0.1) is 22.7 Å². The van der Waals surface area contributed by atoms with Crippen LogP contribution in [-0.2, 0) is 4.74 Å². The number of nitro benzene ring substituents is 1. The molecule has 0 bridgehead atoms. The van der Waals surface area contributed by atoms with Gasteiger partial charge in [0.1, 0.15) is 5.02 Å². The van der Waals surface area contributed by atoms with Crippen molar-refractivity contribution < 1.29 is 14.5 Å². The second-order valence-electron chi connectivity index (χ2n) is 7.18. The summed E-state index contributed by atoms with van der Waals surface area (Å²) >= 11 is 8.67. The third-order valence-electron chi connectivity index (χ3n) is 5.10. The van der Waals surface area contributed by atoms with E-state index in [0.29, 0.717) is 27.8 Å². The zero-order valence-corrected chi connectivity index (χ0v) is 19.5. The highest BCUT2D eigenvalue weighted by atomic mass is 35.5. The van der Waals surface area contributed by atoms with Gasteiger partial charge in [-0.3, -0.25) is 24.7 Å². The van der Waals surface area contributed by atoms with Gasteiger partial charge in [0.25, 0.3) is 11.6 Å². The molecule has 1 aliphatic heterocycles. The number of thiazole rings is 1. The van der Waals surface area contributed by atoms with Crippen molar-refractivity contribution in [2.24, 2.45) is 0 Å². The molecule has 0 radical (unpaired) electrons. The number of rotatable bonds is 8. The molecule has 0 spiro atoms. The fourth-order valence-corrected chi connectivity index (χ4v) is 5.14. The summed E-state index contributed by atoms with van der Waals surface area (Å²) in [6, 6.07) is 8.25. The third-order valence-corrected chi connectivity index (χ3v) is 7.14. The maximum absolute atomic E-state index is 13.2. The molecule has 11 heteroatoms. The summed E-state index contributed by atoms with van der Waals surface area (Å²) in [4.78, 5) is 33.2. The van der Waals surface area contributed by atoms with E-state index < -0.39 is 4.92 Å². The Morgan fingerprint density at radius 3 is 2.81 bits per heavy atom. The van der Waals surface area contributed by atoms with E-state index in [9.17, 15) is 14.9 Å². The van der Waals surface area contributed by atoms with Gasteiger partial charge in [-0.1, -0.05) is 23.7 Å². The fraction of sp³-hybridized carbons (Fsp3) is 0.333. The molecule has 3 heterocycles. The Labute approximate surface area is 198 Å². The van der Waals surface area contributed by atoms with Gasteiger partial charge in [0.15, 0.2) is 5.13 Å². The molecule has 4 rings (SSSR count). The molecule has 1 saturated heterocycles. The van der Waals surface area contributed by atoms with E-state index in [1.54, 1.807) is 22.4 Å². The van der Waals surface area contributed by atoms with Crippen molar-refractivity contribution >= 4 is 51.0 Å². The summed E-state index contributed by atoms with van der Waals surface area (Å²) in [5, 5.41) is 15.6. The van der Waals surface area contributed by atoms with Gasteiger partial charge in [0.05, 0.1) is 28.7 Å². The van der Waals surface area contributed by atoms with E-state index in [1.807, 2.05) is 11.4 Å². The van der Waals surface area contributed by atoms with Crippen LogP contribution in [0.5, 0.6) is 0 Å². The average molecular weight is 493 g/mol. The summed E-state index contributed by atoms with van der Waals surface area (Å²) in [5.41, 5.74) is 0.984. The van der Waals surface area contributed by atoms with Crippen molar-refractivity contribution in [1.82, 2.24) is 9.88 Å². The largest absolute Gasteiger partial charge is 0.379 e. The lowest BCUT2D eigenvalue weighted by molar-refractivity contribution is -0.384. The molecular formula is C21H21ClN4O4S2. The van der Waals surface area contributed by atoms with Crippen molar-refractivity contribution in [3.8, 4) is 11.3 Å². The molecule has 3 aromatic rings. The molecule has 0 N–H and O–H groups in total. The van der Waals surface area contributed by atoms with Crippen LogP contribution in [0.1, 0.15) is 16.1 Å². The van der Waals surface area contributed by atoms with Crippen molar-refractivity contribution in [3.63, 3.8) is 0 Å². The van der Waals surface area contributed by atoms with Crippen LogP contribution >= 0.6 is 34.3 Å². The van der Waals surface area contributed by atoms with Crippen molar-refractivity contribution in [1.29, 1.82) is 0 Å². The second-order valence-corrected chi connectivity index (χ2v) is 9.37. The minimum absolute atomic E-state index is 0.0758. The molecule has 8 nitrogen and oxygen atoms in total. The summed E-state index contributed by atoms with van der Waals surface area (Å²) in [7, 11) is 0. The molecule has 0 saturated carbocycles. The molecule has 32 heavy (non-hydrogen) atoms. The van der Waals surface area contributed by atoms with Gasteiger partial charge >= 0.3 is 0 Å². The number of carbonyl (C=O) groups excluding carboxylic acids is 1. The smallest absolute Gasteiger partial charge is 0.288 e. The van der Waals surface area contributed by atoms with Gasteiger partial charge in [-0.25, -0.2) is 4.98 Å². The zero-order valence-electron chi connectivity index (χ0n) is 17.1. The number of thiophene rings is 1. The first-order chi connectivity index (χ1) is 15.5. The van der Waals surface area contributed by atoms with Crippen LogP contribution in [0.2, 0.25) is 5.02 Å². The number of anilines is 1. The van der Waals surface area contributed by atoms with E-state index >= 15 is 0 Å². The summed E-state index contributed by atoms with van der Waals surface area (Å²) in [6.45, 7) is 4.67. The molecule has 1 fully saturated rings. The number of carbonyl (C=O) groups is 1. The number of halogens is 1. The molecular weight excluding hydrogens is 472 g/mol. The topological polar surface area (TPSA) is 88.8 Å². The molecule has 1 aromatic carbocycles. The first-order valence-electron chi connectivity index (χ1n) is 10.1. The van der Waals surface area contributed by atoms with Crippen molar-refractivity contribution in [3.05, 3.63) is 61.1 Å². The maximum Gasteiger partial charge on any atom is 0.288 e. The number of hydrogen-bond acceptors (Lipinski definition) is 8. The van der Waals surface area contributed by atoms with Crippen molar-refractivity contribution in [2.75, 3.05) is 44.3 Å². The molecule has 0 atom stereocenters. The van der Waals surface area contributed by atoms with E-state index in [4.69, 9.17) is 16.3 Å². The monoisotopic (exact) mass is 492 g/mol. The highest BCUT2D eigenvalue weighted by molar-refractivity contribution is 7.14. The van der Waals surface area contributed by atoms with Crippen LogP contribution in [0.25, 0.3) is 11.3 Å². The van der Waals surface area contributed by atoms with Crippen LogP contribution in [-0.4, -0.2) is 60.1 Å². The molecule has 0 aliphatic carbocycles. The van der Waals surface area contributed by atoms with Crippen LogP contribution in [0, 0.1) is 10.1 Å². The van der Waals surface area contributed by atoms with E-state index in [-0.39, 0.29) is 16.6 Å². The SMILES string of the molecule is O=C(c1cccs1)N(CCCN1CCOCC1)c1nc(-c2ccc(Cl)c([N+](=O)[O-])c2)cs1. The third kappa shape index (κ3) is 5.33. The Hall–Kier alpha value is -2.37. The second kappa shape index (κ2) is 10.5. The number of aromatic nitrogens is 1. The number of nitro groups is 1. The Kier molecular flexibility index (Phi) is 7.48. The van der Waals surface area contributed by atoms with E-state index in [2.05, 4.69) is 9.88 Å². The van der Waals surface area contributed by atoms with Gasteiger partial charge in [0, 0.05) is 43.2 Å². The normalized spacial score (nSPS) is 14.4.